The monoisotopic (exact) mass is 1230 g/mol. The van der Waals surface area contributed by atoms with Crippen LogP contribution in [0.4, 0.5) is 0 Å². The number of hydrogen-bond donors (Lipinski definition) is 6. The van der Waals surface area contributed by atoms with Crippen molar-refractivity contribution < 1.29 is 49.3 Å². The fourth-order valence-electron chi connectivity index (χ4n) is 11.8. The summed E-state index contributed by atoms with van der Waals surface area (Å²) in [4.78, 5) is 26.7. The van der Waals surface area contributed by atoms with E-state index >= 15 is 0 Å². The van der Waals surface area contributed by atoms with Crippen molar-refractivity contribution in [3.8, 4) is 0 Å². The molecule has 510 valence electrons. The Kier molecular flexibility index (Phi) is 60.6. The van der Waals surface area contributed by atoms with E-state index in [9.17, 15) is 35.1 Å². The number of nitrogens with one attached hydrogen (secondary N) is 1. The number of allylic oxidation sites excluding steroid dienone is 7. The number of amides is 1. The van der Waals surface area contributed by atoms with Crippen LogP contribution in [0.3, 0.4) is 0 Å². The lowest BCUT2D eigenvalue weighted by atomic mass is 9.99. The van der Waals surface area contributed by atoms with E-state index in [1.807, 2.05) is 6.08 Å². The van der Waals surface area contributed by atoms with Gasteiger partial charge < -0.3 is 45.1 Å². The molecule has 0 bridgehead atoms. The first kappa shape index (κ1) is 82.6. The maximum atomic E-state index is 13.5. The summed E-state index contributed by atoms with van der Waals surface area (Å²) in [7, 11) is 0. The quantitative estimate of drug-likeness (QED) is 0.0195. The summed E-state index contributed by atoms with van der Waals surface area (Å²) in [6, 6.07) is -1.02. The van der Waals surface area contributed by atoms with E-state index in [1.165, 1.54) is 238 Å². The highest BCUT2D eigenvalue weighted by molar-refractivity contribution is 5.80. The molecule has 11 heteroatoms. The van der Waals surface area contributed by atoms with Crippen LogP contribution < -0.4 is 5.32 Å². The fraction of sp³-hybridized carbons (Fsp3) is 0.868. The van der Waals surface area contributed by atoms with Gasteiger partial charge in [0.15, 0.2) is 12.4 Å². The van der Waals surface area contributed by atoms with E-state index in [1.54, 1.807) is 6.08 Å². The summed E-state index contributed by atoms with van der Waals surface area (Å²) < 4.78 is 17.7. The smallest absolute Gasteiger partial charge is 0.306 e. The van der Waals surface area contributed by atoms with Crippen molar-refractivity contribution in [3.05, 3.63) is 48.6 Å². The Labute approximate surface area is 536 Å². The van der Waals surface area contributed by atoms with Crippen LogP contribution in [0.1, 0.15) is 361 Å². The predicted octanol–water partition coefficient (Wildman–Crippen LogP) is 19.5. The molecule has 11 nitrogen and oxygen atoms in total. The number of aliphatic hydroxyl groups excluding tert-OH is 5. The molecule has 0 radical (unpaired) electrons. The molecule has 8 unspecified atom stereocenters. The second-order valence-electron chi connectivity index (χ2n) is 26.0. The molecule has 0 aliphatic carbocycles. The third kappa shape index (κ3) is 50.9. The van der Waals surface area contributed by atoms with Crippen molar-refractivity contribution in [1.29, 1.82) is 0 Å². The molecular formula is C76H141NO10. The third-order valence-electron chi connectivity index (χ3n) is 17.7. The minimum atomic E-state index is -1.62. The molecule has 0 saturated carbocycles. The highest BCUT2D eigenvalue weighted by Crippen LogP contribution is 2.27. The van der Waals surface area contributed by atoms with Crippen molar-refractivity contribution in [2.75, 3.05) is 13.2 Å². The Bertz CT molecular complexity index is 1600. The van der Waals surface area contributed by atoms with Crippen LogP contribution in [0.2, 0.25) is 0 Å². The average molecular weight is 1230 g/mol. The second kappa shape index (κ2) is 63.8. The molecule has 0 aromatic rings. The molecule has 1 rings (SSSR count). The SMILES string of the molecule is CCCCC/C=C\C/C=C\C/C=C\CCCCCCCCCCCCC(=O)OC1C(OCC(NC(=O)C(O)CCCCCCCCCCCCCCCCCCCCCCCCCC)C(O)/C=C/CCCCCCCCCCC)OC(CO)C(O)C1O. The Morgan fingerprint density at radius 1 is 0.448 bits per heavy atom. The zero-order valence-corrected chi connectivity index (χ0v) is 56.9. The van der Waals surface area contributed by atoms with E-state index in [4.69, 9.17) is 14.2 Å². The van der Waals surface area contributed by atoms with Gasteiger partial charge in [-0.05, 0) is 64.2 Å². The zero-order chi connectivity index (χ0) is 63.1. The number of hydrogen-bond acceptors (Lipinski definition) is 10. The van der Waals surface area contributed by atoms with Gasteiger partial charge in [0.1, 0.15) is 24.4 Å². The largest absolute Gasteiger partial charge is 0.454 e. The van der Waals surface area contributed by atoms with E-state index < -0.39 is 67.4 Å². The molecule has 1 aliphatic heterocycles. The van der Waals surface area contributed by atoms with Gasteiger partial charge in [-0.2, -0.15) is 0 Å². The minimum Gasteiger partial charge on any atom is -0.454 e. The minimum absolute atomic E-state index is 0.120. The first-order valence-corrected chi connectivity index (χ1v) is 37.4. The first-order valence-electron chi connectivity index (χ1n) is 37.4. The number of carbonyl (C=O) groups is 2. The van der Waals surface area contributed by atoms with Gasteiger partial charge in [0.25, 0.3) is 0 Å². The molecular weight excluding hydrogens is 1090 g/mol. The van der Waals surface area contributed by atoms with Crippen LogP contribution in [0, 0.1) is 0 Å². The van der Waals surface area contributed by atoms with Crippen LogP contribution in [-0.2, 0) is 23.8 Å². The Hall–Kier alpha value is -2.38. The van der Waals surface area contributed by atoms with Gasteiger partial charge in [0.2, 0.25) is 5.91 Å². The van der Waals surface area contributed by atoms with E-state index in [2.05, 4.69) is 62.5 Å². The lowest BCUT2D eigenvalue weighted by molar-refractivity contribution is -0.305. The number of rotatable bonds is 65. The maximum absolute atomic E-state index is 13.5. The topological polar surface area (TPSA) is 175 Å². The maximum Gasteiger partial charge on any atom is 0.306 e. The second-order valence-corrected chi connectivity index (χ2v) is 26.0. The molecule has 0 aromatic heterocycles. The van der Waals surface area contributed by atoms with E-state index in [0.29, 0.717) is 19.3 Å². The van der Waals surface area contributed by atoms with Crippen molar-refractivity contribution in [2.24, 2.45) is 0 Å². The highest BCUT2D eigenvalue weighted by Gasteiger charge is 2.47. The molecule has 1 aliphatic rings. The van der Waals surface area contributed by atoms with E-state index in [-0.39, 0.29) is 13.0 Å². The van der Waals surface area contributed by atoms with Gasteiger partial charge in [0.05, 0.1) is 25.4 Å². The van der Waals surface area contributed by atoms with E-state index in [0.717, 1.165) is 77.0 Å². The summed E-state index contributed by atoms with van der Waals surface area (Å²) in [6.07, 6.45) is 70.2. The molecule has 0 aromatic carbocycles. The van der Waals surface area contributed by atoms with Crippen molar-refractivity contribution in [1.82, 2.24) is 5.32 Å². The van der Waals surface area contributed by atoms with Crippen LogP contribution in [0.5, 0.6) is 0 Å². The van der Waals surface area contributed by atoms with Gasteiger partial charge in [-0.3, -0.25) is 9.59 Å². The van der Waals surface area contributed by atoms with Crippen molar-refractivity contribution >= 4 is 11.9 Å². The zero-order valence-electron chi connectivity index (χ0n) is 56.9. The highest BCUT2D eigenvalue weighted by atomic mass is 16.7. The van der Waals surface area contributed by atoms with Gasteiger partial charge in [-0.1, -0.05) is 339 Å². The number of unbranched alkanes of at least 4 members (excludes halogenated alkanes) is 45. The molecule has 6 N–H and O–H groups in total. The van der Waals surface area contributed by atoms with Crippen LogP contribution in [0.15, 0.2) is 48.6 Å². The summed E-state index contributed by atoms with van der Waals surface area (Å²) in [5, 5.41) is 57.3. The standard InChI is InChI=1S/C76H141NO10/c1-4-7-10-13-16-19-22-24-26-28-30-32-34-36-37-39-41-43-45-48-51-54-57-60-63-69(80)75(84)77-67(68(79)62-59-56-53-50-47-21-18-15-12-9-6-3)66-85-76-74(73(83)72(82)70(65-78)86-76)87-71(81)64-61-58-55-52-49-46-44-42-40-38-35-33-31-29-27-25-23-20-17-14-11-8-5-2/h17,20,25,27,31,33,59,62,67-70,72-74,76,78-80,82-83H,4-16,18-19,21-24,26,28-30,32,34-58,60-61,63-66H2,1-3H3,(H,77,84)/b20-17-,27-25-,33-31-,62-59+. The summed E-state index contributed by atoms with van der Waals surface area (Å²) in [6.45, 7) is 5.81. The molecule has 0 spiro atoms. The lowest BCUT2D eigenvalue weighted by Crippen LogP contribution is -2.61. The van der Waals surface area contributed by atoms with Crippen LogP contribution >= 0.6 is 0 Å². The van der Waals surface area contributed by atoms with Crippen LogP contribution in [0.25, 0.3) is 0 Å². The normalized spacial score (nSPS) is 18.5. The molecule has 1 amide bonds. The summed E-state index contributed by atoms with van der Waals surface area (Å²) in [5.74, 6) is -1.18. The fourth-order valence-corrected chi connectivity index (χ4v) is 11.8. The predicted molar refractivity (Wildman–Crippen MR) is 366 cm³/mol. The number of ether oxygens (including phenoxy) is 3. The molecule has 1 heterocycles. The average Bonchev–Trinajstić information content (AvgIpc) is 2.93. The third-order valence-corrected chi connectivity index (χ3v) is 17.7. The van der Waals surface area contributed by atoms with Gasteiger partial charge in [0, 0.05) is 6.42 Å². The molecule has 8 atom stereocenters. The number of esters is 1. The molecule has 1 fully saturated rings. The van der Waals surface area contributed by atoms with Gasteiger partial charge >= 0.3 is 5.97 Å². The van der Waals surface area contributed by atoms with Crippen LogP contribution in [-0.4, -0.2) is 99.6 Å². The molecule has 87 heavy (non-hydrogen) atoms. The molecule has 1 saturated heterocycles. The summed E-state index contributed by atoms with van der Waals surface area (Å²) >= 11 is 0. The van der Waals surface area contributed by atoms with Crippen molar-refractivity contribution in [2.45, 2.75) is 410 Å². The van der Waals surface area contributed by atoms with Gasteiger partial charge in [-0.25, -0.2) is 0 Å². The summed E-state index contributed by atoms with van der Waals surface area (Å²) in [5.41, 5.74) is 0. The lowest BCUT2D eigenvalue weighted by Gasteiger charge is -2.41. The number of aliphatic hydroxyl groups is 5. The first-order chi connectivity index (χ1) is 42.7. The Balaban J connectivity index is 2.52. The van der Waals surface area contributed by atoms with Crippen molar-refractivity contribution in [3.63, 3.8) is 0 Å². The Morgan fingerprint density at radius 2 is 0.793 bits per heavy atom. The Morgan fingerprint density at radius 3 is 1.21 bits per heavy atom. The number of carbonyl (C=O) groups excluding carboxylic acids is 2. The van der Waals surface area contributed by atoms with Gasteiger partial charge in [-0.15, -0.1) is 0 Å².